The van der Waals surface area contributed by atoms with E-state index in [1.165, 1.54) is 12.1 Å². The van der Waals surface area contributed by atoms with Crippen LogP contribution in [0.15, 0.2) is 30.3 Å². The highest BCUT2D eigenvalue weighted by Gasteiger charge is 2.11. The van der Waals surface area contributed by atoms with E-state index in [0.717, 1.165) is 18.2 Å². The van der Waals surface area contributed by atoms with E-state index >= 15 is 0 Å². The Labute approximate surface area is 106 Å². The first kappa shape index (κ1) is 13.1. The molecule has 0 aromatic heterocycles. The Morgan fingerprint density at radius 3 is 1.95 bits per heavy atom. The van der Waals surface area contributed by atoms with Gasteiger partial charge in [-0.15, -0.1) is 0 Å². The number of rotatable bonds is 2. The molecular weight excluding hydrogens is 258 g/mol. The topological polar surface area (TPSA) is 23.8 Å². The second-order valence-corrected chi connectivity index (χ2v) is 3.98. The molecule has 0 saturated carbocycles. The van der Waals surface area contributed by atoms with Crippen LogP contribution in [0.2, 0.25) is 0 Å². The summed E-state index contributed by atoms with van der Waals surface area (Å²) in [6, 6.07) is 7.24. The molecule has 2 aromatic carbocycles. The first-order valence-corrected chi connectivity index (χ1v) is 5.33. The van der Waals surface area contributed by atoms with Crippen molar-refractivity contribution in [3.8, 4) is 6.07 Å². The second kappa shape index (κ2) is 5.11. The van der Waals surface area contributed by atoms with Gasteiger partial charge in [0.15, 0.2) is 17.5 Å². The fourth-order valence-corrected chi connectivity index (χ4v) is 1.71. The van der Waals surface area contributed by atoms with Gasteiger partial charge in [-0.3, -0.25) is 0 Å². The minimum atomic E-state index is -1.53. The summed E-state index contributed by atoms with van der Waals surface area (Å²) in [6.45, 7) is 0. The zero-order valence-corrected chi connectivity index (χ0v) is 9.55. The van der Waals surface area contributed by atoms with Crippen molar-refractivity contribution in [2.24, 2.45) is 0 Å². The summed E-state index contributed by atoms with van der Waals surface area (Å²) >= 11 is 0. The molecule has 96 valence electrons. The molecule has 0 fully saturated rings. The number of halogens is 4. The van der Waals surface area contributed by atoms with Crippen LogP contribution in [-0.2, 0) is 6.42 Å². The number of nitrogens with zero attached hydrogens (tertiary/aromatic N) is 1. The molecule has 2 rings (SSSR count). The minimum absolute atomic E-state index is 0.0384. The molecule has 5 heteroatoms. The molecule has 0 bridgehead atoms. The molecule has 0 amide bonds. The molecule has 0 atom stereocenters. The highest BCUT2D eigenvalue weighted by atomic mass is 19.2. The van der Waals surface area contributed by atoms with E-state index in [9.17, 15) is 17.6 Å². The summed E-state index contributed by atoms with van der Waals surface area (Å²) in [5.41, 5.74) is 0.502. The van der Waals surface area contributed by atoms with Crippen LogP contribution in [-0.4, -0.2) is 0 Å². The Bertz CT molecular complexity index is 651. The summed E-state index contributed by atoms with van der Waals surface area (Å²) in [7, 11) is 0. The summed E-state index contributed by atoms with van der Waals surface area (Å²) in [6.07, 6.45) is 0.0384. The highest BCUT2D eigenvalue weighted by molar-refractivity contribution is 5.35. The molecule has 0 aliphatic carbocycles. The maximum atomic E-state index is 13.3. The van der Waals surface area contributed by atoms with Crippen LogP contribution in [0, 0.1) is 34.6 Å². The Kier molecular flexibility index (Phi) is 3.52. The molecule has 0 spiro atoms. The van der Waals surface area contributed by atoms with Crippen molar-refractivity contribution >= 4 is 0 Å². The quantitative estimate of drug-likeness (QED) is 0.600. The van der Waals surface area contributed by atoms with Crippen LogP contribution in [0.1, 0.15) is 16.7 Å². The average Bonchev–Trinajstić information content (AvgIpc) is 2.36. The third-order valence-electron chi connectivity index (χ3n) is 2.61. The second-order valence-electron chi connectivity index (χ2n) is 3.98. The molecule has 0 aliphatic rings. The van der Waals surface area contributed by atoms with Crippen LogP contribution in [0.5, 0.6) is 0 Å². The normalized spacial score (nSPS) is 10.3. The van der Waals surface area contributed by atoms with Gasteiger partial charge in [-0.1, -0.05) is 6.07 Å². The maximum Gasteiger partial charge on any atom is 0.194 e. The van der Waals surface area contributed by atoms with E-state index in [2.05, 4.69) is 0 Å². The molecule has 0 heterocycles. The predicted molar refractivity (Wildman–Crippen MR) is 60.2 cm³/mol. The smallest absolute Gasteiger partial charge is 0.194 e. The number of hydrogen-bond donors (Lipinski definition) is 0. The van der Waals surface area contributed by atoms with Gasteiger partial charge >= 0.3 is 0 Å². The number of hydrogen-bond acceptors (Lipinski definition) is 1. The lowest BCUT2D eigenvalue weighted by Crippen LogP contribution is -1.97. The lowest BCUT2D eigenvalue weighted by molar-refractivity contribution is 0.445. The van der Waals surface area contributed by atoms with Gasteiger partial charge in [-0.25, -0.2) is 17.6 Å². The van der Waals surface area contributed by atoms with Crippen molar-refractivity contribution in [3.05, 3.63) is 70.3 Å². The van der Waals surface area contributed by atoms with Crippen LogP contribution < -0.4 is 0 Å². The zero-order chi connectivity index (χ0) is 14.0. The van der Waals surface area contributed by atoms with Crippen molar-refractivity contribution in [1.29, 1.82) is 5.26 Å². The summed E-state index contributed by atoms with van der Waals surface area (Å²) in [5, 5.41) is 8.57. The van der Waals surface area contributed by atoms with E-state index < -0.39 is 23.3 Å². The standard InChI is InChI=1S/C14H7F4N/c15-11-4-8(1-2-10(11)7-19)3-9-5-12(16)14(18)13(17)6-9/h1-2,4-6H,3H2. The molecule has 0 N–H and O–H groups in total. The van der Waals surface area contributed by atoms with E-state index in [-0.39, 0.29) is 17.5 Å². The van der Waals surface area contributed by atoms with Gasteiger partial charge in [0, 0.05) is 0 Å². The van der Waals surface area contributed by atoms with Crippen molar-refractivity contribution in [2.45, 2.75) is 6.42 Å². The predicted octanol–water partition coefficient (Wildman–Crippen LogP) is 3.71. The van der Waals surface area contributed by atoms with Crippen molar-refractivity contribution in [3.63, 3.8) is 0 Å². The third kappa shape index (κ3) is 2.74. The van der Waals surface area contributed by atoms with Gasteiger partial charge in [0.25, 0.3) is 0 Å². The Hall–Kier alpha value is -2.35. The van der Waals surface area contributed by atoms with Gasteiger partial charge in [-0.2, -0.15) is 5.26 Å². The summed E-state index contributed by atoms with van der Waals surface area (Å²) in [5.74, 6) is -4.81. The van der Waals surface area contributed by atoms with Crippen molar-refractivity contribution < 1.29 is 17.6 Å². The molecule has 19 heavy (non-hydrogen) atoms. The van der Waals surface area contributed by atoms with Crippen molar-refractivity contribution in [2.75, 3.05) is 0 Å². The average molecular weight is 265 g/mol. The fraction of sp³-hybridized carbons (Fsp3) is 0.0714. The molecule has 1 nitrogen and oxygen atoms in total. The summed E-state index contributed by atoms with van der Waals surface area (Å²) in [4.78, 5) is 0. The van der Waals surface area contributed by atoms with Gasteiger partial charge < -0.3 is 0 Å². The van der Waals surface area contributed by atoms with E-state index in [0.29, 0.717) is 5.56 Å². The van der Waals surface area contributed by atoms with Crippen LogP contribution >= 0.6 is 0 Å². The number of nitriles is 1. The molecule has 0 aliphatic heterocycles. The molecule has 0 unspecified atom stereocenters. The zero-order valence-electron chi connectivity index (χ0n) is 9.55. The SMILES string of the molecule is N#Cc1ccc(Cc2cc(F)c(F)c(F)c2)cc1F. The Morgan fingerprint density at radius 1 is 0.842 bits per heavy atom. The molecular formula is C14H7F4N. The lowest BCUT2D eigenvalue weighted by Gasteiger charge is -2.04. The van der Waals surface area contributed by atoms with Crippen LogP contribution in [0.4, 0.5) is 17.6 Å². The fourth-order valence-electron chi connectivity index (χ4n) is 1.71. The van der Waals surface area contributed by atoms with Gasteiger partial charge in [0.2, 0.25) is 0 Å². The molecule has 2 aromatic rings. The Morgan fingerprint density at radius 2 is 1.42 bits per heavy atom. The third-order valence-corrected chi connectivity index (χ3v) is 2.61. The number of benzene rings is 2. The van der Waals surface area contributed by atoms with Gasteiger partial charge in [0.05, 0.1) is 5.56 Å². The van der Waals surface area contributed by atoms with Crippen LogP contribution in [0.25, 0.3) is 0 Å². The summed E-state index contributed by atoms with van der Waals surface area (Å²) < 4.78 is 52.1. The first-order chi connectivity index (χ1) is 9.01. The first-order valence-electron chi connectivity index (χ1n) is 5.33. The lowest BCUT2D eigenvalue weighted by atomic mass is 10.0. The Balaban J connectivity index is 2.32. The molecule has 0 radical (unpaired) electrons. The monoisotopic (exact) mass is 265 g/mol. The van der Waals surface area contributed by atoms with E-state index in [1.54, 1.807) is 6.07 Å². The van der Waals surface area contributed by atoms with E-state index in [4.69, 9.17) is 5.26 Å². The van der Waals surface area contributed by atoms with Gasteiger partial charge in [0.1, 0.15) is 11.9 Å². The van der Waals surface area contributed by atoms with Crippen molar-refractivity contribution in [1.82, 2.24) is 0 Å². The molecule has 0 saturated heterocycles. The highest BCUT2D eigenvalue weighted by Crippen LogP contribution is 2.18. The van der Waals surface area contributed by atoms with E-state index in [1.807, 2.05) is 0 Å². The van der Waals surface area contributed by atoms with Gasteiger partial charge in [-0.05, 0) is 41.8 Å². The maximum absolute atomic E-state index is 13.3. The minimum Gasteiger partial charge on any atom is -0.206 e. The van der Waals surface area contributed by atoms with Crippen LogP contribution in [0.3, 0.4) is 0 Å². The largest absolute Gasteiger partial charge is 0.206 e.